The highest BCUT2D eigenvalue weighted by atomic mass is 14.9. The lowest BCUT2D eigenvalue weighted by Crippen LogP contribution is -2.25. The van der Waals surface area contributed by atoms with E-state index in [2.05, 4.69) is 249 Å². The second-order valence-electron chi connectivity index (χ2n) is 17.7. The van der Waals surface area contributed by atoms with Gasteiger partial charge in [-0.3, -0.25) is 0 Å². The summed E-state index contributed by atoms with van der Waals surface area (Å²) in [5.74, 6) is 0.686. The van der Waals surface area contributed by atoms with Crippen LogP contribution in [0.2, 0.25) is 0 Å². The molecule has 10 aromatic carbocycles. The summed E-state index contributed by atoms with van der Waals surface area (Å²) in [5.41, 5.74) is 24.4. The molecule has 2 nitrogen and oxygen atoms in total. The Hall–Kier alpha value is -8.72. The Labute approximate surface area is 391 Å². The Kier molecular flexibility index (Phi) is 9.11. The van der Waals surface area contributed by atoms with Crippen LogP contribution in [0.4, 0.5) is 0 Å². The maximum Gasteiger partial charge on any atom is 0.160 e. The summed E-state index contributed by atoms with van der Waals surface area (Å²) in [6.07, 6.45) is 0. The fourth-order valence-corrected chi connectivity index (χ4v) is 10.8. The van der Waals surface area contributed by atoms with Gasteiger partial charge in [-0.2, -0.15) is 0 Å². The molecular weight excluding hydrogens is 809 g/mol. The number of fused-ring (bicyclic) bond motifs is 10. The van der Waals surface area contributed by atoms with Gasteiger partial charge >= 0.3 is 0 Å². The largest absolute Gasteiger partial charge is 0.228 e. The molecular formula is C65H42N2. The van der Waals surface area contributed by atoms with Crippen molar-refractivity contribution in [2.24, 2.45) is 0 Å². The molecule has 1 aromatic heterocycles. The standard InChI is InChI=1S/C65H42N2/c1-4-17-43(18-5-1)51-38-52(44-19-6-2-7-20-44)40-53(39-51)63-42-62(46-21-8-3-9-22-46)66-64(67-63)47-33-31-45(32-34-47)48-23-16-24-49(37-48)50-35-36-57-56-27-12-15-30-60(56)65(61(57)41-50)58-28-13-10-25-54(58)55-26-11-14-29-59(55)65/h1-42H. The van der Waals surface area contributed by atoms with Crippen molar-refractivity contribution >= 4 is 0 Å². The predicted molar refractivity (Wildman–Crippen MR) is 276 cm³/mol. The van der Waals surface area contributed by atoms with Crippen LogP contribution in [0, 0.1) is 0 Å². The molecule has 0 atom stereocenters. The SMILES string of the molecule is c1ccc(-c2cc(-c3ccccc3)cc(-c3cc(-c4ccccc4)nc(-c4ccc(-c5cccc(-c6ccc7c(c6)C6(c8ccccc8-c8ccccc86)c6ccccc6-7)c5)cc4)n3)c2)cc1. The van der Waals surface area contributed by atoms with E-state index in [-0.39, 0.29) is 5.41 Å². The van der Waals surface area contributed by atoms with Gasteiger partial charge in [0.1, 0.15) is 0 Å². The molecule has 0 aliphatic heterocycles. The second kappa shape index (κ2) is 15.8. The van der Waals surface area contributed by atoms with Crippen molar-refractivity contribution in [1.29, 1.82) is 0 Å². The van der Waals surface area contributed by atoms with Crippen molar-refractivity contribution in [3.05, 3.63) is 277 Å². The number of aromatic nitrogens is 2. The Morgan fingerprint density at radius 1 is 0.209 bits per heavy atom. The van der Waals surface area contributed by atoms with Crippen molar-refractivity contribution < 1.29 is 0 Å². The van der Waals surface area contributed by atoms with Crippen molar-refractivity contribution in [3.8, 4) is 101 Å². The minimum absolute atomic E-state index is 0.378. The first-order valence-corrected chi connectivity index (χ1v) is 23.0. The fraction of sp³-hybridized carbons (Fsp3) is 0.0154. The van der Waals surface area contributed by atoms with Crippen LogP contribution in [0.1, 0.15) is 22.3 Å². The Morgan fingerprint density at radius 2 is 0.567 bits per heavy atom. The zero-order chi connectivity index (χ0) is 44.3. The van der Waals surface area contributed by atoms with E-state index in [0.717, 1.165) is 61.5 Å². The van der Waals surface area contributed by atoms with Crippen LogP contribution in [0.5, 0.6) is 0 Å². The highest BCUT2D eigenvalue weighted by molar-refractivity contribution is 5.96. The summed E-state index contributed by atoms with van der Waals surface area (Å²) in [4.78, 5) is 10.5. The van der Waals surface area contributed by atoms with Gasteiger partial charge < -0.3 is 0 Å². The molecule has 0 fully saturated rings. The van der Waals surface area contributed by atoms with Gasteiger partial charge in [0, 0.05) is 16.7 Å². The minimum Gasteiger partial charge on any atom is -0.228 e. The van der Waals surface area contributed by atoms with Gasteiger partial charge in [0.25, 0.3) is 0 Å². The lowest BCUT2D eigenvalue weighted by molar-refractivity contribution is 0.794. The van der Waals surface area contributed by atoms with E-state index >= 15 is 0 Å². The molecule has 2 aliphatic carbocycles. The molecule has 67 heavy (non-hydrogen) atoms. The zero-order valence-corrected chi connectivity index (χ0v) is 36.6. The van der Waals surface area contributed by atoms with Gasteiger partial charge in [0.15, 0.2) is 5.82 Å². The monoisotopic (exact) mass is 850 g/mol. The average Bonchev–Trinajstić information content (AvgIpc) is 3.88. The van der Waals surface area contributed by atoms with Gasteiger partial charge in [-0.15, -0.1) is 0 Å². The third-order valence-corrected chi connectivity index (χ3v) is 13.9. The molecule has 0 unspecified atom stereocenters. The molecule has 0 saturated heterocycles. The third kappa shape index (κ3) is 6.41. The van der Waals surface area contributed by atoms with Crippen LogP contribution in [0.15, 0.2) is 255 Å². The molecule has 11 aromatic rings. The highest BCUT2D eigenvalue weighted by Gasteiger charge is 2.51. The van der Waals surface area contributed by atoms with Crippen LogP contribution in [-0.2, 0) is 5.41 Å². The summed E-state index contributed by atoms with van der Waals surface area (Å²) in [6, 6.07) is 92.3. The van der Waals surface area contributed by atoms with Crippen LogP contribution in [-0.4, -0.2) is 9.97 Å². The van der Waals surface area contributed by atoms with E-state index < -0.39 is 0 Å². The molecule has 1 heterocycles. The van der Waals surface area contributed by atoms with Gasteiger partial charge in [0.05, 0.1) is 16.8 Å². The Bertz CT molecular complexity index is 3550. The molecule has 2 heteroatoms. The number of nitrogens with zero attached hydrogens (tertiary/aromatic N) is 2. The van der Waals surface area contributed by atoms with Crippen molar-refractivity contribution in [2.75, 3.05) is 0 Å². The minimum atomic E-state index is -0.378. The third-order valence-electron chi connectivity index (χ3n) is 13.9. The first-order chi connectivity index (χ1) is 33.2. The van der Waals surface area contributed by atoms with E-state index in [1.165, 1.54) is 55.6 Å². The number of rotatable bonds is 7. The molecule has 13 rings (SSSR count). The summed E-state index contributed by atoms with van der Waals surface area (Å²) in [5, 5.41) is 0. The van der Waals surface area contributed by atoms with Crippen LogP contribution >= 0.6 is 0 Å². The van der Waals surface area contributed by atoms with Gasteiger partial charge in [-0.25, -0.2) is 9.97 Å². The molecule has 0 amide bonds. The van der Waals surface area contributed by atoms with E-state index in [0.29, 0.717) is 5.82 Å². The van der Waals surface area contributed by atoms with Crippen molar-refractivity contribution in [1.82, 2.24) is 9.97 Å². The Balaban J connectivity index is 0.885. The van der Waals surface area contributed by atoms with Gasteiger partial charge in [0.2, 0.25) is 0 Å². The van der Waals surface area contributed by atoms with Crippen LogP contribution in [0.25, 0.3) is 101 Å². The summed E-state index contributed by atoms with van der Waals surface area (Å²) >= 11 is 0. The van der Waals surface area contributed by atoms with Crippen LogP contribution in [0.3, 0.4) is 0 Å². The van der Waals surface area contributed by atoms with Crippen LogP contribution < -0.4 is 0 Å². The van der Waals surface area contributed by atoms with E-state index in [4.69, 9.17) is 9.97 Å². The van der Waals surface area contributed by atoms with Gasteiger partial charge in [-0.1, -0.05) is 218 Å². The molecule has 2 aliphatic rings. The summed E-state index contributed by atoms with van der Waals surface area (Å²) in [7, 11) is 0. The number of hydrogen-bond donors (Lipinski definition) is 0. The maximum atomic E-state index is 5.32. The summed E-state index contributed by atoms with van der Waals surface area (Å²) in [6.45, 7) is 0. The maximum absolute atomic E-state index is 5.32. The molecule has 0 radical (unpaired) electrons. The smallest absolute Gasteiger partial charge is 0.160 e. The number of hydrogen-bond acceptors (Lipinski definition) is 2. The molecule has 312 valence electrons. The fourth-order valence-electron chi connectivity index (χ4n) is 10.8. The lowest BCUT2D eigenvalue weighted by atomic mass is 9.70. The Morgan fingerprint density at radius 3 is 1.12 bits per heavy atom. The quantitative estimate of drug-likeness (QED) is 0.160. The van der Waals surface area contributed by atoms with Gasteiger partial charge in [-0.05, 0) is 125 Å². The average molecular weight is 851 g/mol. The van der Waals surface area contributed by atoms with E-state index in [1.54, 1.807) is 0 Å². The first kappa shape index (κ1) is 38.7. The molecule has 1 spiro atoms. The second-order valence-corrected chi connectivity index (χ2v) is 17.7. The molecule has 0 N–H and O–H groups in total. The lowest BCUT2D eigenvalue weighted by Gasteiger charge is -2.30. The topological polar surface area (TPSA) is 25.8 Å². The summed E-state index contributed by atoms with van der Waals surface area (Å²) < 4.78 is 0. The predicted octanol–water partition coefficient (Wildman–Crippen LogP) is 16.5. The zero-order valence-electron chi connectivity index (χ0n) is 36.6. The van der Waals surface area contributed by atoms with E-state index in [9.17, 15) is 0 Å². The normalized spacial score (nSPS) is 12.6. The first-order valence-electron chi connectivity index (χ1n) is 23.0. The van der Waals surface area contributed by atoms with E-state index in [1.807, 2.05) is 6.07 Å². The van der Waals surface area contributed by atoms with Crippen molar-refractivity contribution in [3.63, 3.8) is 0 Å². The molecule has 0 bridgehead atoms. The number of benzene rings is 10. The van der Waals surface area contributed by atoms with Crippen molar-refractivity contribution in [2.45, 2.75) is 5.41 Å². The molecule has 0 saturated carbocycles. The highest BCUT2D eigenvalue weighted by Crippen LogP contribution is 2.63.